The van der Waals surface area contributed by atoms with Crippen LogP contribution in [0, 0.1) is 34.6 Å². The molecule has 1 heteroatoms. The molecule has 0 aliphatic rings. The second-order valence-electron chi connectivity index (χ2n) is 5.64. The van der Waals surface area contributed by atoms with Crippen molar-refractivity contribution < 1.29 is 0 Å². The quantitative estimate of drug-likeness (QED) is 0.742. The molecule has 0 aliphatic heterocycles. The first-order valence-corrected chi connectivity index (χ1v) is 7.24. The van der Waals surface area contributed by atoms with E-state index in [4.69, 9.17) is 5.73 Å². The fourth-order valence-electron chi connectivity index (χ4n) is 2.84. The van der Waals surface area contributed by atoms with Gasteiger partial charge in [-0.1, -0.05) is 26.2 Å². The maximum absolute atomic E-state index is 6.43. The summed E-state index contributed by atoms with van der Waals surface area (Å²) in [5.41, 5.74) is 14.9. The van der Waals surface area contributed by atoms with Gasteiger partial charge in [-0.2, -0.15) is 0 Å². The summed E-state index contributed by atoms with van der Waals surface area (Å²) in [7, 11) is 0. The van der Waals surface area contributed by atoms with Crippen LogP contribution in [0.5, 0.6) is 0 Å². The van der Waals surface area contributed by atoms with Crippen LogP contribution in [0.25, 0.3) is 0 Å². The van der Waals surface area contributed by atoms with Crippen LogP contribution in [-0.2, 0) is 0 Å². The normalized spacial score (nSPS) is 12.8. The highest BCUT2D eigenvalue weighted by molar-refractivity contribution is 5.50. The summed E-state index contributed by atoms with van der Waals surface area (Å²) in [4.78, 5) is 0. The summed E-state index contributed by atoms with van der Waals surface area (Å²) < 4.78 is 0. The lowest BCUT2D eigenvalue weighted by Gasteiger charge is -2.23. The molecule has 1 rings (SSSR count). The molecule has 1 nitrogen and oxygen atoms in total. The van der Waals surface area contributed by atoms with Crippen molar-refractivity contribution in [2.75, 3.05) is 0 Å². The van der Waals surface area contributed by atoms with Gasteiger partial charge in [0.05, 0.1) is 0 Å². The Morgan fingerprint density at radius 1 is 0.778 bits per heavy atom. The molecule has 102 valence electrons. The first kappa shape index (κ1) is 15.2. The number of hydrogen-bond acceptors (Lipinski definition) is 1. The number of benzene rings is 1. The first-order chi connectivity index (χ1) is 8.41. The average molecular weight is 247 g/mol. The van der Waals surface area contributed by atoms with E-state index in [9.17, 15) is 0 Å². The van der Waals surface area contributed by atoms with E-state index >= 15 is 0 Å². The van der Waals surface area contributed by atoms with Gasteiger partial charge in [-0.05, 0) is 74.4 Å². The lowest BCUT2D eigenvalue weighted by Crippen LogP contribution is -2.15. The molecular formula is C17H29N. The summed E-state index contributed by atoms with van der Waals surface area (Å²) >= 11 is 0. The third-order valence-corrected chi connectivity index (χ3v) is 4.55. The zero-order valence-electron chi connectivity index (χ0n) is 13.0. The third-order valence-electron chi connectivity index (χ3n) is 4.55. The number of nitrogens with two attached hydrogens (primary N) is 1. The fourth-order valence-corrected chi connectivity index (χ4v) is 2.84. The molecule has 0 fully saturated rings. The second kappa shape index (κ2) is 6.38. The predicted octanol–water partition coefficient (Wildman–Crippen LogP) is 4.81. The van der Waals surface area contributed by atoms with Crippen molar-refractivity contribution in [3.8, 4) is 0 Å². The smallest absolute Gasteiger partial charge is 0.0300 e. The van der Waals surface area contributed by atoms with E-state index < -0.39 is 0 Å². The van der Waals surface area contributed by atoms with Crippen LogP contribution in [0.15, 0.2) is 0 Å². The maximum Gasteiger partial charge on any atom is 0.0300 e. The van der Waals surface area contributed by atoms with E-state index in [0.717, 1.165) is 6.42 Å². The molecule has 0 bridgehead atoms. The van der Waals surface area contributed by atoms with Gasteiger partial charge in [0, 0.05) is 6.04 Å². The van der Waals surface area contributed by atoms with Crippen molar-refractivity contribution in [1.29, 1.82) is 0 Å². The van der Waals surface area contributed by atoms with Crippen molar-refractivity contribution in [3.63, 3.8) is 0 Å². The number of rotatable bonds is 5. The molecule has 0 saturated carbocycles. The van der Waals surface area contributed by atoms with Crippen LogP contribution in [0.2, 0.25) is 0 Å². The monoisotopic (exact) mass is 247 g/mol. The summed E-state index contributed by atoms with van der Waals surface area (Å²) in [6, 6.07) is 0.203. The first-order valence-electron chi connectivity index (χ1n) is 7.24. The Morgan fingerprint density at radius 3 is 1.67 bits per heavy atom. The van der Waals surface area contributed by atoms with Crippen molar-refractivity contribution in [1.82, 2.24) is 0 Å². The molecule has 1 atom stereocenters. The lowest BCUT2D eigenvalue weighted by atomic mass is 9.85. The van der Waals surface area contributed by atoms with Crippen LogP contribution in [-0.4, -0.2) is 0 Å². The van der Waals surface area contributed by atoms with Crippen molar-refractivity contribution in [3.05, 3.63) is 33.4 Å². The molecule has 2 N–H and O–H groups in total. The summed E-state index contributed by atoms with van der Waals surface area (Å²) in [5.74, 6) is 0. The van der Waals surface area contributed by atoms with Crippen LogP contribution < -0.4 is 5.73 Å². The molecule has 1 aromatic carbocycles. The average Bonchev–Trinajstić information content (AvgIpc) is 2.34. The van der Waals surface area contributed by atoms with Gasteiger partial charge in [0.25, 0.3) is 0 Å². The van der Waals surface area contributed by atoms with Crippen LogP contribution in [0.1, 0.15) is 72.0 Å². The van der Waals surface area contributed by atoms with Gasteiger partial charge < -0.3 is 5.73 Å². The molecule has 1 unspecified atom stereocenters. The van der Waals surface area contributed by atoms with Crippen molar-refractivity contribution in [2.45, 2.75) is 73.3 Å². The van der Waals surface area contributed by atoms with Crippen molar-refractivity contribution >= 4 is 0 Å². The SMILES string of the molecule is CCCCCC(N)c1c(C)c(C)c(C)c(C)c1C. The molecule has 0 aromatic heterocycles. The van der Waals surface area contributed by atoms with E-state index in [-0.39, 0.29) is 6.04 Å². The molecule has 0 radical (unpaired) electrons. The van der Waals surface area contributed by atoms with E-state index in [2.05, 4.69) is 41.5 Å². The summed E-state index contributed by atoms with van der Waals surface area (Å²) in [6.45, 7) is 13.4. The fraction of sp³-hybridized carbons (Fsp3) is 0.647. The lowest BCUT2D eigenvalue weighted by molar-refractivity contribution is 0.576. The zero-order chi connectivity index (χ0) is 13.9. The molecule has 0 amide bonds. The van der Waals surface area contributed by atoms with Gasteiger partial charge in [0.15, 0.2) is 0 Å². The standard InChI is InChI=1S/C17H29N/c1-7-8-9-10-16(18)17-14(5)12(3)11(2)13(4)15(17)6/h16H,7-10,18H2,1-6H3. The van der Waals surface area contributed by atoms with Gasteiger partial charge in [0.1, 0.15) is 0 Å². The Hall–Kier alpha value is -0.820. The third kappa shape index (κ3) is 2.95. The molecule has 0 saturated heterocycles. The maximum atomic E-state index is 6.43. The highest BCUT2D eigenvalue weighted by Crippen LogP contribution is 2.31. The highest BCUT2D eigenvalue weighted by Gasteiger charge is 2.17. The van der Waals surface area contributed by atoms with Gasteiger partial charge >= 0.3 is 0 Å². The van der Waals surface area contributed by atoms with Gasteiger partial charge in [-0.25, -0.2) is 0 Å². The van der Waals surface area contributed by atoms with E-state index in [0.29, 0.717) is 0 Å². The molecule has 18 heavy (non-hydrogen) atoms. The Bertz CT molecular complexity index is 389. The summed E-state index contributed by atoms with van der Waals surface area (Å²) in [5, 5.41) is 0. The van der Waals surface area contributed by atoms with Crippen LogP contribution >= 0.6 is 0 Å². The van der Waals surface area contributed by atoms with Crippen LogP contribution in [0.4, 0.5) is 0 Å². The zero-order valence-corrected chi connectivity index (χ0v) is 13.0. The van der Waals surface area contributed by atoms with Crippen molar-refractivity contribution in [2.24, 2.45) is 5.73 Å². The predicted molar refractivity (Wildman–Crippen MR) is 81.2 cm³/mol. The Morgan fingerprint density at radius 2 is 1.22 bits per heavy atom. The second-order valence-corrected chi connectivity index (χ2v) is 5.64. The Labute approximate surface area is 113 Å². The minimum Gasteiger partial charge on any atom is -0.324 e. The topological polar surface area (TPSA) is 26.0 Å². The van der Waals surface area contributed by atoms with E-state index in [1.165, 1.54) is 52.6 Å². The molecule has 0 heterocycles. The van der Waals surface area contributed by atoms with E-state index in [1.54, 1.807) is 0 Å². The minimum absolute atomic E-state index is 0.203. The van der Waals surface area contributed by atoms with Crippen LogP contribution in [0.3, 0.4) is 0 Å². The molecule has 0 aliphatic carbocycles. The Kier molecular flexibility index (Phi) is 5.40. The largest absolute Gasteiger partial charge is 0.324 e. The molecular weight excluding hydrogens is 218 g/mol. The number of unbranched alkanes of at least 4 members (excludes halogenated alkanes) is 2. The number of hydrogen-bond donors (Lipinski definition) is 1. The Balaban J connectivity index is 3.08. The molecule has 0 spiro atoms. The van der Waals surface area contributed by atoms with Gasteiger partial charge in [-0.3, -0.25) is 0 Å². The van der Waals surface area contributed by atoms with Gasteiger partial charge in [-0.15, -0.1) is 0 Å². The van der Waals surface area contributed by atoms with Gasteiger partial charge in [0.2, 0.25) is 0 Å². The summed E-state index contributed by atoms with van der Waals surface area (Å²) in [6.07, 6.45) is 4.90. The highest BCUT2D eigenvalue weighted by atomic mass is 14.6. The van der Waals surface area contributed by atoms with E-state index in [1.807, 2.05) is 0 Å². The minimum atomic E-state index is 0.203. The molecule has 1 aromatic rings.